The monoisotopic (exact) mass is 447 g/mol. The third-order valence-corrected chi connectivity index (χ3v) is 6.16. The van der Waals surface area contributed by atoms with Gasteiger partial charge in [0.2, 0.25) is 5.91 Å². The Labute approximate surface area is 191 Å². The van der Waals surface area contributed by atoms with Crippen molar-refractivity contribution >= 4 is 29.1 Å². The van der Waals surface area contributed by atoms with E-state index in [1.807, 2.05) is 0 Å². The third-order valence-electron chi connectivity index (χ3n) is 6.16. The molecule has 1 unspecified atom stereocenters. The van der Waals surface area contributed by atoms with Crippen molar-refractivity contribution in [1.29, 1.82) is 0 Å². The number of rotatable bonds is 7. The van der Waals surface area contributed by atoms with Crippen molar-refractivity contribution in [2.45, 2.75) is 44.6 Å². The Balaban J connectivity index is 1.61. The second-order valence-electron chi connectivity index (χ2n) is 8.28. The molecule has 0 aromatic heterocycles. The fourth-order valence-corrected chi connectivity index (χ4v) is 4.39. The fourth-order valence-electron chi connectivity index (χ4n) is 4.39. The zero-order valence-corrected chi connectivity index (χ0v) is 18.2. The van der Waals surface area contributed by atoms with Crippen LogP contribution in [0.15, 0.2) is 66.2 Å². The minimum atomic E-state index is -0.912. The highest BCUT2D eigenvalue weighted by molar-refractivity contribution is 6.23. The lowest BCUT2D eigenvalue weighted by atomic mass is 9.96. The van der Waals surface area contributed by atoms with Crippen molar-refractivity contribution < 1.29 is 19.3 Å². The summed E-state index contributed by atoms with van der Waals surface area (Å²) in [6.45, 7) is 0.300. The average molecular weight is 447 g/mol. The first kappa shape index (κ1) is 22.4. The van der Waals surface area contributed by atoms with Crippen LogP contribution in [-0.2, 0) is 9.59 Å². The molecule has 2 aliphatic rings. The van der Waals surface area contributed by atoms with Crippen molar-refractivity contribution in [3.63, 3.8) is 0 Å². The summed E-state index contributed by atoms with van der Waals surface area (Å²) in [6, 6.07) is 13.1. The summed E-state index contributed by atoms with van der Waals surface area (Å²) in [6.07, 6.45) is 6.95. The number of benzene rings is 2. The number of nitro benzene ring substituents is 1. The maximum Gasteiger partial charge on any atom is 0.269 e. The van der Waals surface area contributed by atoms with E-state index < -0.39 is 22.8 Å². The predicted molar refractivity (Wildman–Crippen MR) is 123 cm³/mol. The molecule has 0 radical (unpaired) electrons. The first-order valence-corrected chi connectivity index (χ1v) is 11.1. The number of carbonyl (C=O) groups is 3. The Morgan fingerprint density at radius 1 is 1.06 bits per heavy atom. The number of amides is 3. The van der Waals surface area contributed by atoms with E-state index in [-0.39, 0.29) is 23.6 Å². The summed E-state index contributed by atoms with van der Waals surface area (Å²) in [5.74, 6) is -1.20. The smallest absolute Gasteiger partial charge is 0.269 e. The van der Waals surface area contributed by atoms with E-state index in [2.05, 4.69) is 6.08 Å². The molecule has 1 aliphatic carbocycles. The van der Waals surface area contributed by atoms with Gasteiger partial charge in [-0.2, -0.15) is 0 Å². The Bertz CT molecular complexity index is 1090. The maximum absolute atomic E-state index is 13.4. The number of nitrogens with zero attached hydrogens (tertiary/aromatic N) is 3. The largest absolute Gasteiger partial charge is 0.326 e. The molecule has 1 heterocycles. The highest BCUT2D eigenvalue weighted by Gasteiger charge is 2.44. The van der Waals surface area contributed by atoms with Crippen molar-refractivity contribution in [2.75, 3.05) is 11.4 Å². The summed E-state index contributed by atoms with van der Waals surface area (Å²) in [5.41, 5.74) is 1.86. The van der Waals surface area contributed by atoms with Crippen molar-refractivity contribution in [2.24, 2.45) is 0 Å². The maximum atomic E-state index is 13.4. The summed E-state index contributed by atoms with van der Waals surface area (Å²) < 4.78 is 0. The number of nitro groups is 1. The van der Waals surface area contributed by atoms with Gasteiger partial charge in [0.25, 0.3) is 17.5 Å². The first-order chi connectivity index (χ1) is 16.0. The van der Waals surface area contributed by atoms with Crippen LogP contribution in [0.1, 0.15) is 48.9 Å². The van der Waals surface area contributed by atoms with Crippen LogP contribution in [-0.4, -0.2) is 40.1 Å². The van der Waals surface area contributed by atoms with E-state index in [1.54, 1.807) is 30.3 Å². The first-order valence-electron chi connectivity index (χ1n) is 11.1. The van der Waals surface area contributed by atoms with E-state index in [0.717, 1.165) is 30.6 Å². The zero-order valence-electron chi connectivity index (χ0n) is 18.2. The van der Waals surface area contributed by atoms with E-state index in [4.69, 9.17) is 0 Å². The van der Waals surface area contributed by atoms with Gasteiger partial charge in [-0.05, 0) is 56.4 Å². The summed E-state index contributed by atoms with van der Waals surface area (Å²) in [7, 11) is 0. The van der Waals surface area contributed by atoms with Gasteiger partial charge in [-0.25, -0.2) is 4.90 Å². The predicted octanol–water partition coefficient (Wildman–Crippen LogP) is 4.26. The molecule has 1 fully saturated rings. The van der Waals surface area contributed by atoms with Crippen LogP contribution in [0.2, 0.25) is 0 Å². The van der Waals surface area contributed by atoms with Crippen LogP contribution in [0.3, 0.4) is 0 Å². The normalized spacial score (nSPS) is 18.2. The number of carbonyl (C=O) groups excluding carboxylic acids is 3. The number of non-ortho nitro benzene ring substituents is 1. The SMILES string of the molecule is O=C1CC(N(CCC2=CCCCC2)C(=O)c2ccc([N+](=O)[O-])cc2)C(=O)N1c1ccccc1. The molecule has 2 aromatic rings. The molecule has 1 saturated heterocycles. The molecule has 8 heteroatoms. The molecular formula is C25H25N3O5. The van der Waals surface area contributed by atoms with Crippen molar-refractivity contribution in [3.05, 3.63) is 81.9 Å². The molecule has 3 amide bonds. The molecule has 0 N–H and O–H groups in total. The molecule has 4 rings (SSSR count). The molecule has 170 valence electrons. The van der Waals surface area contributed by atoms with Crippen LogP contribution >= 0.6 is 0 Å². The lowest BCUT2D eigenvalue weighted by molar-refractivity contribution is -0.384. The minimum absolute atomic E-state index is 0.0918. The molecule has 8 nitrogen and oxygen atoms in total. The molecule has 1 aliphatic heterocycles. The van der Waals surface area contributed by atoms with Crippen molar-refractivity contribution in [1.82, 2.24) is 4.90 Å². The number of anilines is 1. The highest BCUT2D eigenvalue weighted by atomic mass is 16.6. The fraction of sp³-hybridized carbons (Fsp3) is 0.320. The van der Waals surface area contributed by atoms with Gasteiger partial charge in [0.1, 0.15) is 6.04 Å². The molecule has 0 spiro atoms. The van der Waals surface area contributed by atoms with E-state index >= 15 is 0 Å². The lowest BCUT2D eigenvalue weighted by Gasteiger charge is -2.28. The molecule has 1 atom stereocenters. The van der Waals surface area contributed by atoms with Gasteiger partial charge in [-0.1, -0.05) is 29.8 Å². The topological polar surface area (TPSA) is 101 Å². The van der Waals surface area contributed by atoms with Crippen LogP contribution in [0.5, 0.6) is 0 Å². The second kappa shape index (κ2) is 9.77. The van der Waals surface area contributed by atoms with Gasteiger partial charge in [-0.15, -0.1) is 0 Å². The van der Waals surface area contributed by atoms with Crippen LogP contribution in [0, 0.1) is 10.1 Å². The molecule has 0 saturated carbocycles. The minimum Gasteiger partial charge on any atom is -0.326 e. The molecule has 2 aromatic carbocycles. The number of hydrogen-bond acceptors (Lipinski definition) is 5. The van der Waals surface area contributed by atoms with Gasteiger partial charge < -0.3 is 4.90 Å². The van der Waals surface area contributed by atoms with E-state index in [0.29, 0.717) is 18.7 Å². The Morgan fingerprint density at radius 3 is 2.42 bits per heavy atom. The Hall–Kier alpha value is -3.81. The van der Waals surface area contributed by atoms with Crippen LogP contribution < -0.4 is 4.90 Å². The van der Waals surface area contributed by atoms with E-state index in [9.17, 15) is 24.5 Å². The number of imide groups is 1. The zero-order chi connectivity index (χ0) is 23.4. The molecule has 0 bridgehead atoms. The average Bonchev–Trinajstić information content (AvgIpc) is 3.13. The molecular weight excluding hydrogens is 422 g/mol. The van der Waals surface area contributed by atoms with Gasteiger partial charge in [0.05, 0.1) is 17.0 Å². The number of hydrogen-bond donors (Lipinski definition) is 0. The van der Waals surface area contributed by atoms with Gasteiger partial charge in [0.15, 0.2) is 0 Å². The Morgan fingerprint density at radius 2 is 1.79 bits per heavy atom. The third kappa shape index (κ3) is 4.84. The lowest BCUT2D eigenvalue weighted by Crippen LogP contribution is -2.46. The van der Waals surface area contributed by atoms with Crippen molar-refractivity contribution in [3.8, 4) is 0 Å². The number of allylic oxidation sites excluding steroid dienone is 1. The summed E-state index contributed by atoms with van der Waals surface area (Å²) in [4.78, 5) is 52.5. The number of para-hydroxylation sites is 1. The van der Waals surface area contributed by atoms with Gasteiger partial charge in [-0.3, -0.25) is 24.5 Å². The second-order valence-corrected chi connectivity index (χ2v) is 8.28. The van der Waals surface area contributed by atoms with Gasteiger partial charge in [0, 0.05) is 24.2 Å². The quantitative estimate of drug-likeness (QED) is 0.273. The van der Waals surface area contributed by atoms with E-state index in [1.165, 1.54) is 34.7 Å². The van der Waals surface area contributed by atoms with Crippen LogP contribution in [0.25, 0.3) is 0 Å². The van der Waals surface area contributed by atoms with Crippen LogP contribution in [0.4, 0.5) is 11.4 Å². The standard InChI is InChI=1S/C25H25N3O5/c29-23-17-22(25(31)27(23)20-9-5-2-6-10-20)26(16-15-18-7-3-1-4-8-18)24(30)19-11-13-21(14-12-19)28(32)33/h2,5-7,9-14,22H,1,3-4,8,15-17H2. The summed E-state index contributed by atoms with van der Waals surface area (Å²) >= 11 is 0. The summed E-state index contributed by atoms with van der Waals surface area (Å²) in [5, 5.41) is 11.0. The van der Waals surface area contributed by atoms with Gasteiger partial charge >= 0.3 is 0 Å². The highest BCUT2D eigenvalue weighted by Crippen LogP contribution is 2.28. The molecule has 33 heavy (non-hydrogen) atoms. The Kier molecular flexibility index (Phi) is 6.63.